The Balaban J connectivity index is 1.98. The predicted molar refractivity (Wildman–Crippen MR) is 104 cm³/mol. The first-order valence-corrected chi connectivity index (χ1v) is 8.29. The van der Waals surface area contributed by atoms with Gasteiger partial charge >= 0.3 is 6.92 Å². The van der Waals surface area contributed by atoms with E-state index in [-0.39, 0.29) is 0 Å². The van der Waals surface area contributed by atoms with Gasteiger partial charge in [-0.1, -0.05) is 67.5 Å². The van der Waals surface area contributed by atoms with Crippen LogP contribution >= 0.6 is 0 Å². The van der Waals surface area contributed by atoms with Crippen LogP contribution in [0.25, 0.3) is 22.9 Å². The van der Waals surface area contributed by atoms with Gasteiger partial charge in [0.2, 0.25) is 0 Å². The summed E-state index contributed by atoms with van der Waals surface area (Å²) in [5.74, 6) is 0.786. The maximum atomic E-state index is 9.89. The van der Waals surface area contributed by atoms with E-state index in [0.717, 1.165) is 16.8 Å². The fourth-order valence-electron chi connectivity index (χ4n) is 2.82. The normalized spacial score (nSPS) is 11.1. The van der Waals surface area contributed by atoms with Gasteiger partial charge in [-0.25, -0.2) is 0 Å². The Labute approximate surface area is 143 Å². The van der Waals surface area contributed by atoms with E-state index in [0.29, 0.717) is 6.61 Å². The van der Waals surface area contributed by atoms with Gasteiger partial charge in [-0.2, -0.15) is 0 Å². The summed E-state index contributed by atoms with van der Waals surface area (Å²) in [6, 6.07) is 20.5. The quantitative estimate of drug-likeness (QED) is 0.564. The molecule has 0 aliphatic heterocycles. The number of rotatable bonds is 5. The lowest BCUT2D eigenvalue weighted by Gasteiger charge is -2.09. The van der Waals surface area contributed by atoms with Gasteiger partial charge in [0.25, 0.3) is 0 Å². The van der Waals surface area contributed by atoms with Gasteiger partial charge in [0.1, 0.15) is 5.75 Å². The number of fused-ring (bicyclic) bond motifs is 1. The van der Waals surface area contributed by atoms with E-state index < -0.39 is 6.92 Å². The summed E-state index contributed by atoms with van der Waals surface area (Å²) in [6.07, 6.45) is 4.18. The molecular weight excluding hydrogens is 295 g/mol. The first-order chi connectivity index (χ1) is 11.7. The summed E-state index contributed by atoms with van der Waals surface area (Å²) in [6.45, 7) is 3.81. The molecule has 0 atom stereocenters. The van der Waals surface area contributed by atoms with Gasteiger partial charge in [-0.15, -0.1) is 0 Å². The average molecular weight is 316 g/mol. The van der Waals surface area contributed by atoms with Crippen LogP contribution in [0.1, 0.15) is 18.1 Å². The van der Waals surface area contributed by atoms with Crippen molar-refractivity contribution in [3.05, 3.63) is 71.8 Å². The standard InChI is InChI=1S/C21H21BO2/c1-3-24-20-14-16(13-19(15-20)22(2)23)11-12-18-9-6-8-17-7-4-5-10-21(17)18/h4-15,23H,3H2,1-2H3/b12-11+. The average Bonchev–Trinajstić information content (AvgIpc) is 2.60. The third-order valence-electron chi connectivity index (χ3n) is 4.02. The molecule has 0 fully saturated rings. The van der Waals surface area contributed by atoms with Crippen molar-refractivity contribution in [1.29, 1.82) is 0 Å². The molecule has 3 rings (SSSR count). The first-order valence-electron chi connectivity index (χ1n) is 8.29. The molecule has 1 N–H and O–H groups in total. The molecule has 3 heteroatoms. The van der Waals surface area contributed by atoms with Crippen molar-refractivity contribution in [2.45, 2.75) is 13.7 Å². The van der Waals surface area contributed by atoms with Crippen LogP contribution in [-0.2, 0) is 0 Å². The van der Waals surface area contributed by atoms with E-state index in [2.05, 4.69) is 54.6 Å². The molecule has 120 valence electrons. The van der Waals surface area contributed by atoms with Crippen molar-refractivity contribution >= 4 is 35.3 Å². The highest BCUT2D eigenvalue weighted by Gasteiger charge is 2.09. The van der Waals surface area contributed by atoms with Crippen molar-refractivity contribution in [1.82, 2.24) is 0 Å². The molecule has 0 aromatic heterocycles. The van der Waals surface area contributed by atoms with Gasteiger partial charge in [0.15, 0.2) is 0 Å². The molecule has 0 saturated carbocycles. The molecule has 0 bridgehead atoms. The molecule has 0 unspecified atom stereocenters. The number of ether oxygens (including phenoxy) is 1. The predicted octanol–water partition coefficient (Wildman–Crippen LogP) is 4.23. The van der Waals surface area contributed by atoms with Crippen LogP contribution in [0, 0.1) is 0 Å². The Hall–Kier alpha value is -2.52. The van der Waals surface area contributed by atoms with Gasteiger partial charge in [0.05, 0.1) is 6.61 Å². The van der Waals surface area contributed by atoms with Crippen LogP contribution in [-0.4, -0.2) is 18.5 Å². The van der Waals surface area contributed by atoms with Crippen LogP contribution in [0.5, 0.6) is 5.75 Å². The lowest BCUT2D eigenvalue weighted by Crippen LogP contribution is -2.26. The lowest BCUT2D eigenvalue weighted by molar-refractivity contribution is 0.340. The summed E-state index contributed by atoms with van der Waals surface area (Å²) in [5.41, 5.74) is 3.05. The first kappa shape index (κ1) is 16.3. The number of hydrogen-bond acceptors (Lipinski definition) is 2. The van der Waals surface area contributed by atoms with E-state index in [4.69, 9.17) is 4.74 Å². The summed E-state index contributed by atoms with van der Waals surface area (Å²) in [4.78, 5) is 0. The molecule has 0 spiro atoms. The summed E-state index contributed by atoms with van der Waals surface area (Å²) in [5, 5.41) is 12.3. The second kappa shape index (κ2) is 7.37. The second-order valence-corrected chi connectivity index (χ2v) is 5.85. The minimum absolute atomic E-state index is 0.518. The van der Waals surface area contributed by atoms with Crippen LogP contribution in [0.3, 0.4) is 0 Å². The fourth-order valence-corrected chi connectivity index (χ4v) is 2.82. The Morgan fingerprint density at radius 3 is 2.58 bits per heavy atom. The fraction of sp³-hybridized carbons (Fsp3) is 0.143. The van der Waals surface area contributed by atoms with Crippen LogP contribution in [0.15, 0.2) is 60.7 Å². The Morgan fingerprint density at radius 2 is 1.79 bits per heavy atom. The molecule has 3 aromatic carbocycles. The molecule has 2 nitrogen and oxygen atoms in total. The van der Waals surface area contributed by atoms with Gasteiger partial charge in [-0.05, 0) is 46.4 Å². The molecule has 0 aliphatic carbocycles. The van der Waals surface area contributed by atoms with Crippen molar-refractivity contribution in [3.63, 3.8) is 0 Å². The lowest BCUT2D eigenvalue weighted by atomic mass is 9.64. The third-order valence-corrected chi connectivity index (χ3v) is 4.02. The largest absolute Gasteiger partial charge is 0.494 e. The molecule has 24 heavy (non-hydrogen) atoms. The molecule has 3 aromatic rings. The van der Waals surface area contributed by atoms with Crippen molar-refractivity contribution < 1.29 is 9.76 Å². The SMILES string of the molecule is CCOc1cc(/C=C/c2cccc3ccccc23)cc(B(C)O)c1. The Bertz CT molecular complexity index is 863. The van der Waals surface area contributed by atoms with E-state index >= 15 is 0 Å². The highest BCUT2D eigenvalue weighted by atomic mass is 16.5. The minimum atomic E-state index is -0.518. The molecule has 0 radical (unpaired) electrons. The maximum Gasteiger partial charge on any atom is 0.320 e. The topological polar surface area (TPSA) is 29.5 Å². The highest BCUT2D eigenvalue weighted by Crippen LogP contribution is 2.21. The molecule has 0 saturated heterocycles. The van der Waals surface area contributed by atoms with Gasteiger partial charge in [0, 0.05) is 0 Å². The summed E-state index contributed by atoms with van der Waals surface area (Å²) >= 11 is 0. The van der Waals surface area contributed by atoms with E-state index in [1.165, 1.54) is 16.3 Å². The van der Waals surface area contributed by atoms with Crippen molar-refractivity contribution in [2.24, 2.45) is 0 Å². The number of benzene rings is 3. The van der Waals surface area contributed by atoms with Crippen LogP contribution < -0.4 is 10.2 Å². The van der Waals surface area contributed by atoms with Crippen LogP contribution in [0.4, 0.5) is 0 Å². The second-order valence-electron chi connectivity index (χ2n) is 5.85. The zero-order valence-corrected chi connectivity index (χ0v) is 14.1. The maximum absolute atomic E-state index is 9.89. The summed E-state index contributed by atoms with van der Waals surface area (Å²) < 4.78 is 5.61. The zero-order valence-electron chi connectivity index (χ0n) is 14.1. The van der Waals surface area contributed by atoms with E-state index in [1.807, 2.05) is 25.1 Å². The van der Waals surface area contributed by atoms with Crippen LogP contribution in [0.2, 0.25) is 6.82 Å². The van der Waals surface area contributed by atoms with Gasteiger partial charge in [-0.3, -0.25) is 0 Å². The van der Waals surface area contributed by atoms with E-state index in [1.54, 1.807) is 6.82 Å². The van der Waals surface area contributed by atoms with Crippen molar-refractivity contribution in [3.8, 4) is 5.75 Å². The highest BCUT2D eigenvalue weighted by molar-refractivity contribution is 6.64. The molecule has 0 heterocycles. The van der Waals surface area contributed by atoms with Crippen molar-refractivity contribution in [2.75, 3.05) is 6.61 Å². The third kappa shape index (κ3) is 3.69. The molecule has 0 aliphatic rings. The van der Waals surface area contributed by atoms with Gasteiger partial charge < -0.3 is 9.76 Å². The Kier molecular flexibility index (Phi) is 5.02. The summed E-state index contributed by atoms with van der Waals surface area (Å²) in [7, 11) is 0. The molecule has 0 amide bonds. The Morgan fingerprint density at radius 1 is 1.00 bits per heavy atom. The smallest absolute Gasteiger partial charge is 0.320 e. The molecular formula is C21H21BO2. The van der Waals surface area contributed by atoms with E-state index in [9.17, 15) is 5.02 Å². The number of hydrogen-bond donors (Lipinski definition) is 1. The monoisotopic (exact) mass is 316 g/mol. The zero-order chi connectivity index (χ0) is 16.9. The minimum Gasteiger partial charge on any atom is -0.494 e.